The summed E-state index contributed by atoms with van der Waals surface area (Å²) in [5.74, 6) is -2.21. The topological polar surface area (TPSA) is 121 Å². The highest BCUT2D eigenvalue weighted by Gasteiger charge is 2.72. The second-order valence-corrected chi connectivity index (χ2v) is 8.03. The van der Waals surface area contributed by atoms with Gasteiger partial charge in [-0.2, -0.15) is 10.5 Å². The molecule has 1 heterocycles. The van der Waals surface area contributed by atoms with Gasteiger partial charge in [-0.05, 0) is 6.92 Å². The van der Waals surface area contributed by atoms with Gasteiger partial charge in [0.2, 0.25) is 0 Å². The zero-order valence-corrected chi connectivity index (χ0v) is 16.6. The third-order valence-corrected chi connectivity index (χ3v) is 6.59. The van der Waals surface area contributed by atoms with Gasteiger partial charge >= 0.3 is 0 Å². The standard InChI is InChI=1S/C22H14N4O3S/c1-13-20(30-21(25-13)14-7-3-2-4-8-14)19(27)18-17(22(18,11-23)12-24)15-9-5-6-10-16(15)26(28)29/h2-10,17-18H,1H3/t17-,18+/m0/s1. The number of carbonyl (C=O) groups is 1. The Balaban J connectivity index is 1.76. The molecule has 4 rings (SSSR count). The van der Waals surface area contributed by atoms with Crippen molar-refractivity contribution in [2.24, 2.45) is 11.3 Å². The first-order valence-corrected chi connectivity index (χ1v) is 9.89. The lowest BCUT2D eigenvalue weighted by atomic mass is 10.0. The van der Waals surface area contributed by atoms with E-state index in [9.17, 15) is 25.4 Å². The molecule has 1 aliphatic carbocycles. The molecule has 1 fully saturated rings. The maximum absolute atomic E-state index is 13.4. The summed E-state index contributed by atoms with van der Waals surface area (Å²) in [5, 5.41) is 31.6. The molecule has 0 bridgehead atoms. The van der Waals surface area contributed by atoms with Crippen molar-refractivity contribution < 1.29 is 9.72 Å². The summed E-state index contributed by atoms with van der Waals surface area (Å²) >= 11 is 1.21. The number of nitriles is 2. The van der Waals surface area contributed by atoms with E-state index in [0.717, 1.165) is 5.56 Å². The highest BCUT2D eigenvalue weighted by molar-refractivity contribution is 7.17. The Bertz CT molecular complexity index is 1240. The van der Waals surface area contributed by atoms with Gasteiger partial charge in [0.05, 0.1) is 33.6 Å². The van der Waals surface area contributed by atoms with Gasteiger partial charge in [0, 0.05) is 23.1 Å². The fourth-order valence-electron chi connectivity index (χ4n) is 3.86. The van der Waals surface area contributed by atoms with E-state index >= 15 is 0 Å². The molecule has 0 N–H and O–H groups in total. The summed E-state index contributed by atoms with van der Waals surface area (Å²) in [5.41, 5.74) is -0.218. The molecule has 0 unspecified atom stereocenters. The van der Waals surface area contributed by atoms with E-state index in [1.165, 1.54) is 29.5 Å². The zero-order valence-electron chi connectivity index (χ0n) is 15.8. The highest BCUT2D eigenvalue weighted by atomic mass is 32.1. The fraction of sp³-hybridized carbons (Fsp3) is 0.182. The minimum Gasteiger partial charge on any atom is -0.293 e. The summed E-state index contributed by atoms with van der Waals surface area (Å²) in [7, 11) is 0. The van der Waals surface area contributed by atoms with Crippen LogP contribution in [0.2, 0.25) is 0 Å². The predicted octanol–water partition coefficient (Wildman–Crippen LogP) is 4.66. The van der Waals surface area contributed by atoms with Crippen molar-refractivity contribution in [3.05, 3.63) is 80.8 Å². The van der Waals surface area contributed by atoms with Gasteiger partial charge in [0.15, 0.2) is 11.2 Å². The molecule has 0 saturated heterocycles. The van der Waals surface area contributed by atoms with Crippen LogP contribution in [-0.2, 0) is 0 Å². The van der Waals surface area contributed by atoms with Crippen molar-refractivity contribution in [1.82, 2.24) is 4.98 Å². The smallest absolute Gasteiger partial charge is 0.272 e. The summed E-state index contributed by atoms with van der Waals surface area (Å²) in [6, 6.07) is 19.2. The number of nitrogens with zero attached hydrogens (tertiary/aromatic N) is 4. The molecule has 1 aromatic heterocycles. The van der Waals surface area contributed by atoms with Gasteiger partial charge in [0.25, 0.3) is 5.69 Å². The average molecular weight is 414 g/mol. The number of carbonyl (C=O) groups excluding carboxylic acids is 1. The fourth-order valence-corrected chi connectivity index (χ4v) is 4.91. The molecule has 2 aromatic carbocycles. The maximum Gasteiger partial charge on any atom is 0.272 e. The monoisotopic (exact) mass is 414 g/mol. The highest BCUT2D eigenvalue weighted by Crippen LogP contribution is 2.66. The van der Waals surface area contributed by atoms with E-state index in [0.29, 0.717) is 15.6 Å². The van der Waals surface area contributed by atoms with Crippen molar-refractivity contribution in [3.8, 4) is 22.7 Å². The lowest BCUT2D eigenvalue weighted by Crippen LogP contribution is -2.08. The van der Waals surface area contributed by atoms with E-state index in [-0.39, 0.29) is 17.0 Å². The number of aryl methyl sites for hydroxylation is 1. The number of hydrogen-bond acceptors (Lipinski definition) is 7. The number of rotatable bonds is 5. The zero-order chi connectivity index (χ0) is 21.5. The van der Waals surface area contributed by atoms with E-state index in [1.807, 2.05) is 42.5 Å². The molecule has 0 spiro atoms. The minimum atomic E-state index is -1.63. The first-order chi connectivity index (χ1) is 14.4. The minimum absolute atomic E-state index is 0.196. The van der Waals surface area contributed by atoms with Crippen LogP contribution < -0.4 is 0 Å². The van der Waals surface area contributed by atoms with Crippen LogP contribution in [0.3, 0.4) is 0 Å². The largest absolute Gasteiger partial charge is 0.293 e. The molecule has 0 radical (unpaired) electrons. The molecule has 1 aliphatic rings. The van der Waals surface area contributed by atoms with Crippen LogP contribution in [0.25, 0.3) is 10.6 Å². The van der Waals surface area contributed by atoms with Crippen molar-refractivity contribution in [2.75, 3.05) is 0 Å². The molecule has 0 aliphatic heterocycles. The molecule has 146 valence electrons. The number of aromatic nitrogens is 1. The van der Waals surface area contributed by atoms with Crippen LogP contribution in [0.15, 0.2) is 54.6 Å². The lowest BCUT2D eigenvalue weighted by Gasteiger charge is -2.01. The first-order valence-electron chi connectivity index (χ1n) is 9.07. The summed E-state index contributed by atoms with van der Waals surface area (Å²) < 4.78 is 0. The third kappa shape index (κ3) is 2.86. The van der Waals surface area contributed by atoms with Crippen LogP contribution in [-0.4, -0.2) is 15.7 Å². The van der Waals surface area contributed by atoms with E-state index in [2.05, 4.69) is 4.98 Å². The summed E-state index contributed by atoms with van der Waals surface area (Å²) in [6.45, 7) is 1.71. The van der Waals surface area contributed by atoms with Crippen LogP contribution in [0.4, 0.5) is 5.69 Å². The molecule has 7 nitrogen and oxygen atoms in total. The van der Waals surface area contributed by atoms with Crippen molar-refractivity contribution >= 4 is 22.8 Å². The average Bonchev–Trinajstić information content (AvgIpc) is 3.30. The Labute approximate surface area is 176 Å². The second-order valence-electron chi connectivity index (χ2n) is 7.03. The molecule has 0 amide bonds. The van der Waals surface area contributed by atoms with Crippen molar-refractivity contribution in [2.45, 2.75) is 12.8 Å². The van der Waals surface area contributed by atoms with E-state index in [1.54, 1.807) is 13.0 Å². The van der Waals surface area contributed by atoms with Gasteiger partial charge in [-0.25, -0.2) is 4.98 Å². The number of nitro groups is 1. The van der Waals surface area contributed by atoms with Gasteiger partial charge in [-0.3, -0.25) is 14.9 Å². The number of ketones is 1. The van der Waals surface area contributed by atoms with E-state index < -0.39 is 22.2 Å². The third-order valence-electron chi connectivity index (χ3n) is 5.37. The summed E-state index contributed by atoms with van der Waals surface area (Å²) in [6.07, 6.45) is 0. The Morgan fingerprint density at radius 1 is 1.13 bits per heavy atom. The van der Waals surface area contributed by atoms with Gasteiger partial charge < -0.3 is 0 Å². The van der Waals surface area contributed by atoms with Gasteiger partial charge in [-0.15, -0.1) is 11.3 Å². The quantitative estimate of drug-likeness (QED) is 0.340. The number of thiazole rings is 1. The van der Waals surface area contributed by atoms with E-state index in [4.69, 9.17) is 0 Å². The number of benzene rings is 2. The normalized spacial score (nSPS) is 18.8. The van der Waals surface area contributed by atoms with Crippen molar-refractivity contribution in [1.29, 1.82) is 10.5 Å². The molecule has 30 heavy (non-hydrogen) atoms. The van der Waals surface area contributed by atoms with Crippen LogP contribution >= 0.6 is 11.3 Å². The Morgan fingerprint density at radius 2 is 1.77 bits per heavy atom. The van der Waals surface area contributed by atoms with Crippen LogP contribution in [0.5, 0.6) is 0 Å². The van der Waals surface area contributed by atoms with Crippen molar-refractivity contribution in [3.63, 3.8) is 0 Å². The van der Waals surface area contributed by atoms with Crippen LogP contribution in [0, 0.1) is 51.0 Å². The van der Waals surface area contributed by atoms with Gasteiger partial charge in [0.1, 0.15) is 5.01 Å². The molecule has 2 atom stereocenters. The molecule has 3 aromatic rings. The van der Waals surface area contributed by atoms with Gasteiger partial charge in [-0.1, -0.05) is 48.5 Å². The molecule has 8 heteroatoms. The molecule has 1 saturated carbocycles. The molecular formula is C22H14N4O3S. The lowest BCUT2D eigenvalue weighted by molar-refractivity contribution is -0.385. The first kappa shape index (κ1) is 19.4. The SMILES string of the molecule is Cc1nc(-c2ccccc2)sc1C(=O)[C@H]1[C@H](c2ccccc2[N+](=O)[O-])C1(C#N)C#N. The Hall–Kier alpha value is -3.88. The van der Waals surface area contributed by atoms with Crippen LogP contribution in [0.1, 0.15) is 26.8 Å². The predicted molar refractivity (Wildman–Crippen MR) is 110 cm³/mol. The number of Topliss-reactive ketones (excluding diaryl/α,β-unsaturated/α-hetero) is 1. The number of hydrogen-bond donors (Lipinski definition) is 0. The number of para-hydroxylation sites is 1. The number of nitro benzene ring substituents is 1. The Kier molecular flexibility index (Phi) is 4.65. The maximum atomic E-state index is 13.4. The summed E-state index contributed by atoms with van der Waals surface area (Å²) in [4.78, 5) is 29.1. The second kappa shape index (κ2) is 7.18. The molecular weight excluding hydrogens is 400 g/mol. The Morgan fingerprint density at radius 3 is 2.40 bits per heavy atom.